The lowest BCUT2D eigenvalue weighted by molar-refractivity contribution is 0.0563. The molecule has 3 rings (SSSR count). The number of aromatic hydroxyl groups is 1. The minimum absolute atomic E-state index is 0.00713. The molecule has 0 atom stereocenters. The Bertz CT molecular complexity index is 938. The second-order valence-electron chi connectivity index (χ2n) is 4.47. The molecule has 26 heavy (non-hydrogen) atoms. The lowest BCUT2D eigenvalue weighted by atomic mass is 10.2. The molecule has 0 fully saturated rings. The molecule has 0 unspecified atom stereocenters. The first-order valence-electron chi connectivity index (χ1n) is 6.69. The van der Waals surface area contributed by atoms with Gasteiger partial charge in [-0.3, -0.25) is 0 Å². The molecule has 2 aromatic heterocycles. The topological polar surface area (TPSA) is 136 Å². The third kappa shape index (κ3) is 4.66. The van der Waals surface area contributed by atoms with Gasteiger partial charge < -0.3 is 23.8 Å². The van der Waals surface area contributed by atoms with Crippen molar-refractivity contribution in [1.29, 1.82) is 0 Å². The number of carboxylic acid groups (broad SMARTS) is 1. The molecule has 0 spiro atoms. The van der Waals surface area contributed by atoms with Crippen LogP contribution in [-0.4, -0.2) is 39.2 Å². The zero-order chi connectivity index (χ0) is 19.3. The van der Waals surface area contributed by atoms with Gasteiger partial charge in [-0.05, 0) is 18.2 Å². The Morgan fingerprint density at radius 3 is 2.38 bits per heavy atom. The van der Waals surface area contributed by atoms with Gasteiger partial charge >= 0.3 is 11.9 Å². The Morgan fingerprint density at radius 1 is 1.19 bits per heavy atom. The van der Waals surface area contributed by atoms with Crippen LogP contribution in [0.25, 0.3) is 11.5 Å². The molecular weight excluding hydrogens is 419 g/mol. The van der Waals surface area contributed by atoms with Gasteiger partial charge in [0.05, 0.1) is 19.5 Å². The molecule has 0 aliphatic carbocycles. The van der Waals surface area contributed by atoms with Crippen molar-refractivity contribution in [3.63, 3.8) is 0 Å². The van der Waals surface area contributed by atoms with Crippen molar-refractivity contribution < 1.29 is 37.8 Å². The summed E-state index contributed by atoms with van der Waals surface area (Å²) in [6.45, 7) is 0. The van der Waals surface area contributed by atoms with Crippen LogP contribution in [0.5, 0.6) is 5.75 Å². The van der Waals surface area contributed by atoms with Crippen LogP contribution in [0.1, 0.15) is 21.1 Å². The number of aromatic carboxylic acids is 1. The Balaban J connectivity index is 0.000000209. The fraction of sp³-hybridized carbons (Fsp3) is 0.0667. The van der Waals surface area contributed by atoms with E-state index >= 15 is 0 Å². The van der Waals surface area contributed by atoms with Crippen molar-refractivity contribution in [2.24, 2.45) is 0 Å². The van der Waals surface area contributed by atoms with Crippen LogP contribution >= 0.6 is 15.9 Å². The number of benzene rings is 1. The lowest BCUT2D eigenvalue weighted by Crippen LogP contribution is -1.98. The molecule has 2 heterocycles. The highest BCUT2D eigenvalue weighted by molar-refractivity contribution is 9.10. The molecular formula is C15H10BrFN2O7. The van der Waals surface area contributed by atoms with Crippen LogP contribution in [-0.2, 0) is 4.74 Å². The van der Waals surface area contributed by atoms with Gasteiger partial charge in [-0.2, -0.15) is 0 Å². The van der Waals surface area contributed by atoms with Crippen molar-refractivity contribution in [1.82, 2.24) is 9.97 Å². The van der Waals surface area contributed by atoms with E-state index < -0.39 is 23.5 Å². The van der Waals surface area contributed by atoms with Crippen LogP contribution in [0.2, 0.25) is 0 Å². The molecule has 0 amide bonds. The number of aromatic nitrogens is 2. The number of nitrogens with zero attached hydrogens (tertiary/aromatic N) is 2. The summed E-state index contributed by atoms with van der Waals surface area (Å²) in [6.07, 6.45) is 2.33. The van der Waals surface area contributed by atoms with Crippen LogP contribution < -0.4 is 0 Å². The molecule has 0 aliphatic rings. The fourth-order valence-electron chi connectivity index (χ4n) is 1.60. The Morgan fingerprint density at radius 2 is 1.88 bits per heavy atom. The first-order chi connectivity index (χ1) is 12.3. The first-order valence-corrected chi connectivity index (χ1v) is 7.48. The van der Waals surface area contributed by atoms with E-state index in [4.69, 9.17) is 19.0 Å². The molecule has 1 aromatic carbocycles. The summed E-state index contributed by atoms with van der Waals surface area (Å²) in [6, 6.07) is 3.47. The zero-order valence-electron chi connectivity index (χ0n) is 13.0. The molecule has 0 saturated heterocycles. The number of methoxy groups -OCH3 is 1. The largest absolute Gasteiger partial charge is 0.505 e. The SMILES string of the molecule is COC(=O)c1cnc(Br)o1.O=C(O)c1cnc(-c2ccc(F)c(O)c2)o1. The van der Waals surface area contributed by atoms with Gasteiger partial charge in [-0.15, -0.1) is 0 Å². The second kappa shape index (κ2) is 8.25. The zero-order valence-corrected chi connectivity index (χ0v) is 14.6. The van der Waals surface area contributed by atoms with E-state index in [-0.39, 0.29) is 22.2 Å². The maximum Gasteiger partial charge on any atom is 0.375 e. The van der Waals surface area contributed by atoms with Crippen LogP contribution in [0.4, 0.5) is 4.39 Å². The van der Waals surface area contributed by atoms with Gasteiger partial charge in [-0.1, -0.05) is 0 Å². The smallest absolute Gasteiger partial charge is 0.375 e. The van der Waals surface area contributed by atoms with E-state index in [1.165, 1.54) is 19.4 Å². The molecule has 0 bridgehead atoms. The predicted octanol–water partition coefficient (Wildman–Crippen LogP) is 3.11. The normalized spacial score (nSPS) is 9.96. The summed E-state index contributed by atoms with van der Waals surface area (Å²) >= 11 is 2.94. The maximum atomic E-state index is 12.8. The molecule has 0 radical (unpaired) electrons. The number of carboxylic acids is 1. The van der Waals surface area contributed by atoms with E-state index in [2.05, 4.69) is 30.6 Å². The number of hydrogen-bond acceptors (Lipinski definition) is 8. The second-order valence-corrected chi connectivity index (χ2v) is 5.15. The van der Waals surface area contributed by atoms with Gasteiger partial charge in [0.15, 0.2) is 11.6 Å². The highest BCUT2D eigenvalue weighted by atomic mass is 79.9. The highest BCUT2D eigenvalue weighted by Gasteiger charge is 2.13. The number of phenols is 1. The molecule has 0 aliphatic heterocycles. The highest BCUT2D eigenvalue weighted by Crippen LogP contribution is 2.25. The standard InChI is InChI=1S/C10H6FNO4.C5H4BrNO3/c11-6-2-1-5(3-7(6)13)9-12-4-8(16-9)10(14)15;1-9-4(8)3-2-7-5(6)10-3/h1-4,13H,(H,14,15);2H,1H3. The van der Waals surface area contributed by atoms with E-state index in [9.17, 15) is 14.0 Å². The van der Waals surface area contributed by atoms with Gasteiger partial charge in [0.1, 0.15) is 0 Å². The molecule has 11 heteroatoms. The third-order valence-electron chi connectivity index (χ3n) is 2.77. The Labute approximate surface area is 153 Å². The number of ether oxygens (including phenoxy) is 1. The third-order valence-corrected chi connectivity index (χ3v) is 3.14. The van der Waals surface area contributed by atoms with Gasteiger partial charge in [-0.25, -0.2) is 23.9 Å². The minimum Gasteiger partial charge on any atom is -0.505 e. The van der Waals surface area contributed by atoms with E-state index in [1.54, 1.807) is 0 Å². The molecule has 2 N–H and O–H groups in total. The number of esters is 1. The summed E-state index contributed by atoms with van der Waals surface area (Å²) in [4.78, 5) is 28.8. The number of phenolic OH excluding ortho intramolecular Hbond substituents is 1. The Kier molecular flexibility index (Phi) is 6.07. The number of carbonyl (C=O) groups excluding carboxylic acids is 1. The van der Waals surface area contributed by atoms with E-state index in [1.807, 2.05) is 0 Å². The average molecular weight is 429 g/mol. The number of carbonyl (C=O) groups is 2. The van der Waals surface area contributed by atoms with Crippen LogP contribution in [0.3, 0.4) is 0 Å². The predicted molar refractivity (Wildman–Crippen MR) is 86.1 cm³/mol. The van der Waals surface area contributed by atoms with Crippen molar-refractivity contribution in [3.8, 4) is 17.2 Å². The summed E-state index contributed by atoms with van der Waals surface area (Å²) in [5.41, 5.74) is 0.298. The monoisotopic (exact) mass is 428 g/mol. The number of halogens is 2. The van der Waals surface area contributed by atoms with Crippen LogP contribution in [0, 0.1) is 5.82 Å². The summed E-state index contributed by atoms with van der Waals surface area (Å²) < 4.78 is 26.8. The fourth-order valence-corrected chi connectivity index (χ4v) is 1.88. The summed E-state index contributed by atoms with van der Waals surface area (Å²) in [5, 5.41) is 17.7. The van der Waals surface area contributed by atoms with Crippen molar-refractivity contribution in [3.05, 3.63) is 52.7 Å². The average Bonchev–Trinajstić information content (AvgIpc) is 3.26. The quantitative estimate of drug-likeness (QED) is 0.602. The summed E-state index contributed by atoms with van der Waals surface area (Å²) in [5.74, 6) is -3.31. The number of hydrogen-bond donors (Lipinski definition) is 2. The van der Waals surface area contributed by atoms with Gasteiger partial charge in [0, 0.05) is 21.5 Å². The Hall–Kier alpha value is -3.21. The lowest BCUT2D eigenvalue weighted by Gasteiger charge is -1.97. The molecule has 0 saturated carbocycles. The number of oxazole rings is 2. The summed E-state index contributed by atoms with van der Waals surface area (Å²) in [7, 11) is 1.28. The van der Waals surface area contributed by atoms with Gasteiger partial charge in [0.2, 0.25) is 17.4 Å². The van der Waals surface area contributed by atoms with Crippen LogP contribution in [0.15, 0.2) is 44.2 Å². The maximum absolute atomic E-state index is 12.8. The first kappa shape index (κ1) is 19.1. The van der Waals surface area contributed by atoms with Crippen molar-refractivity contribution >= 4 is 27.9 Å². The number of rotatable bonds is 3. The molecule has 9 nitrogen and oxygen atoms in total. The van der Waals surface area contributed by atoms with E-state index in [0.29, 0.717) is 5.56 Å². The minimum atomic E-state index is -1.25. The van der Waals surface area contributed by atoms with Gasteiger partial charge in [0.25, 0.3) is 4.80 Å². The molecule has 136 valence electrons. The van der Waals surface area contributed by atoms with E-state index in [0.717, 1.165) is 18.3 Å². The van der Waals surface area contributed by atoms with Crippen molar-refractivity contribution in [2.45, 2.75) is 0 Å². The van der Waals surface area contributed by atoms with Crippen molar-refractivity contribution in [2.75, 3.05) is 7.11 Å². The molecule has 3 aromatic rings.